The van der Waals surface area contributed by atoms with Crippen LogP contribution in [0.25, 0.3) is 0 Å². The second-order valence-corrected chi connectivity index (χ2v) is 6.94. The van der Waals surface area contributed by atoms with Crippen LogP contribution < -0.4 is 4.72 Å². The van der Waals surface area contributed by atoms with Crippen molar-refractivity contribution in [1.29, 1.82) is 0 Å². The fraction of sp³-hybridized carbons (Fsp3) is 0.400. The Bertz CT molecular complexity index is 526. The molecule has 108 valence electrons. The summed E-state index contributed by atoms with van der Waals surface area (Å²) in [7, 11) is -3.69. The summed E-state index contributed by atoms with van der Waals surface area (Å²) in [6, 6.07) is 4.62. The van der Waals surface area contributed by atoms with Crippen LogP contribution in [-0.2, 0) is 14.8 Å². The van der Waals surface area contributed by atoms with E-state index in [4.69, 9.17) is 0 Å². The highest BCUT2D eigenvalue weighted by Crippen LogP contribution is 2.25. The van der Waals surface area contributed by atoms with E-state index in [2.05, 4.69) is 41.3 Å². The summed E-state index contributed by atoms with van der Waals surface area (Å²) < 4.78 is 55.3. The fourth-order valence-electron chi connectivity index (χ4n) is 1.19. The average Bonchev–Trinajstić information content (AvgIpc) is 2.27. The first-order valence-corrected chi connectivity index (χ1v) is 8.20. The molecule has 1 N–H and O–H groups in total. The molecule has 0 spiro atoms. The summed E-state index contributed by atoms with van der Waals surface area (Å²) in [4.78, 5) is 0.0737. The summed E-state index contributed by atoms with van der Waals surface area (Å²) in [6.45, 7) is -0.890. The minimum Gasteiger partial charge on any atom is -0.374 e. The van der Waals surface area contributed by atoms with Gasteiger partial charge in [0.2, 0.25) is 10.0 Å². The summed E-state index contributed by atoms with van der Waals surface area (Å²) >= 11 is 6.36. The third-order valence-electron chi connectivity index (χ3n) is 1.97. The van der Waals surface area contributed by atoms with Crippen LogP contribution in [0.4, 0.5) is 8.78 Å². The van der Waals surface area contributed by atoms with Crippen LogP contribution in [-0.4, -0.2) is 34.6 Å². The van der Waals surface area contributed by atoms with Crippen molar-refractivity contribution in [3.63, 3.8) is 0 Å². The molecule has 1 aromatic carbocycles. The van der Waals surface area contributed by atoms with Crippen molar-refractivity contribution < 1.29 is 21.9 Å². The summed E-state index contributed by atoms with van der Waals surface area (Å²) in [5.74, 6) is 0. The highest BCUT2D eigenvalue weighted by molar-refractivity contribution is 9.11. The number of nitrogens with one attached hydrogen (secondary N) is 1. The Morgan fingerprint density at radius 2 is 2.00 bits per heavy atom. The van der Waals surface area contributed by atoms with Crippen molar-refractivity contribution in [2.24, 2.45) is 0 Å². The Labute approximate surface area is 126 Å². The van der Waals surface area contributed by atoms with Crippen LogP contribution in [0, 0.1) is 0 Å². The van der Waals surface area contributed by atoms with Crippen LogP contribution in [0.2, 0.25) is 0 Å². The second-order valence-electron chi connectivity index (χ2n) is 3.44. The molecule has 0 saturated heterocycles. The van der Waals surface area contributed by atoms with Gasteiger partial charge in [-0.15, -0.1) is 0 Å². The summed E-state index contributed by atoms with van der Waals surface area (Å²) in [6.07, 6.45) is -2.56. The maximum atomic E-state index is 11.9. The van der Waals surface area contributed by atoms with Gasteiger partial charge in [0.15, 0.2) is 0 Å². The first kappa shape index (κ1) is 17.0. The van der Waals surface area contributed by atoms with E-state index in [1.54, 1.807) is 12.1 Å². The van der Waals surface area contributed by atoms with E-state index in [9.17, 15) is 17.2 Å². The third-order valence-corrected chi connectivity index (χ3v) is 4.90. The molecular formula is C10H11Br2F2NO3S. The van der Waals surface area contributed by atoms with Crippen LogP contribution in [0.5, 0.6) is 0 Å². The maximum absolute atomic E-state index is 11.9. The van der Waals surface area contributed by atoms with Gasteiger partial charge in [0.25, 0.3) is 6.43 Å². The molecule has 19 heavy (non-hydrogen) atoms. The van der Waals surface area contributed by atoms with Gasteiger partial charge in [-0.05, 0) is 34.1 Å². The first-order chi connectivity index (χ1) is 8.83. The highest BCUT2D eigenvalue weighted by Gasteiger charge is 2.17. The van der Waals surface area contributed by atoms with Crippen molar-refractivity contribution in [1.82, 2.24) is 4.72 Å². The molecule has 0 saturated carbocycles. The Morgan fingerprint density at radius 3 is 2.58 bits per heavy atom. The number of benzene rings is 1. The number of rotatable bonds is 7. The van der Waals surface area contributed by atoms with E-state index in [-0.39, 0.29) is 18.0 Å². The van der Waals surface area contributed by atoms with Crippen molar-refractivity contribution in [3.8, 4) is 0 Å². The van der Waals surface area contributed by atoms with Crippen molar-refractivity contribution in [3.05, 3.63) is 27.1 Å². The molecule has 0 heterocycles. The monoisotopic (exact) mass is 421 g/mol. The number of halogens is 4. The molecule has 9 heteroatoms. The number of hydrogen-bond acceptors (Lipinski definition) is 3. The predicted octanol–water partition coefficient (Wildman–Crippen LogP) is 2.77. The molecule has 0 fully saturated rings. The van der Waals surface area contributed by atoms with Gasteiger partial charge in [-0.25, -0.2) is 21.9 Å². The van der Waals surface area contributed by atoms with Gasteiger partial charge >= 0.3 is 0 Å². The first-order valence-electron chi connectivity index (χ1n) is 5.13. The Balaban J connectivity index is 2.56. The number of hydrogen-bond donors (Lipinski definition) is 1. The molecule has 0 aliphatic carbocycles. The molecule has 0 atom stereocenters. The van der Waals surface area contributed by atoms with Crippen LogP contribution in [0.1, 0.15) is 0 Å². The molecule has 0 aliphatic heterocycles. The molecule has 0 unspecified atom stereocenters. The Morgan fingerprint density at radius 1 is 1.32 bits per heavy atom. The highest BCUT2D eigenvalue weighted by atomic mass is 79.9. The van der Waals surface area contributed by atoms with E-state index >= 15 is 0 Å². The van der Waals surface area contributed by atoms with E-state index < -0.39 is 23.1 Å². The zero-order valence-corrected chi connectivity index (χ0v) is 13.6. The maximum Gasteiger partial charge on any atom is 0.261 e. The zero-order valence-electron chi connectivity index (χ0n) is 9.58. The second kappa shape index (κ2) is 7.63. The van der Waals surface area contributed by atoms with Crippen LogP contribution in [0.3, 0.4) is 0 Å². The smallest absolute Gasteiger partial charge is 0.261 e. The quantitative estimate of drug-likeness (QED) is 0.687. The van der Waals surface area contributed by atoms with Gasteiger partial charge in [0, 0.05) is 15.5 Å². The number of sulfonamides is 1. The van der Waals surface area contributed by atoms with Gasteiger partial charge in [0.05, 0.1) is 11.5 Å². The standard InChI is InChI=1S/C10H11Br2F2NO3S/c11-7-1-2-9(8(12)5-7)19(16,17)15-3-4-18-6-10(13)14/h1-2,5,10,15H,3-4,6H2. The van der Waals surface area contributed by atoms with E-state index in [0.29, 0.717) is 4.47 Å². The van der Waals surface area contributed by atoms with Gasteiger partial charge in [-0.1, -0.05) is 15.9 Å². The molecule has 0 aliphatic rings. The Kier molecular flexibility index (Phi) is 6.81. The van der Waals surface area contributed by atoms with Crippen molar-refractivity contribution in [2.45, 2.75) is 11.3 Å². The minimum atomic E-state index is -3.69. The lowest BCUT2D eigenvalue weighted by atomic mass is 10.4. The van der Waals surface area contributed by atoms with Gasteiger partial charge in [0.1, 0.15) is 6.61 Å². The van der Waals surface area contributed by atoms with E-state index in [1.165, 1.54) is 6.07 Å². The third kappa shape index (κ3) is 5.82. The van der Waals surface area contributed by atoms with Crippen LogP contribution >= 0.6 is 31.9 Å². The largest absolute Gasteiger partial charge is 0.374 e. The summed E-state index contributed by atoms with van der Waals surface area (Å²) in [5, 5.41) is 0. The molecule has 0 aromatic heterocycles. The zero-order chi connectivity index (χ0) is 14.5. The molecule has 0 amide bonds. The SMILES string of the molecule is O=S(=O)(NCCOCC(F)F)c1ccc(Br)cc1Br. The summed E-state index contributed by atoms with van der Waals surface area (Å²) in [5.41, 5.74) is 0. The lowest BCUT2D eigenvalue weighted by molar-refractivity contribution is 0.0199. The van der Waals surface area contributed by atoms with Crippen molar-refractivity contribution in [2.75, 3.05) is 19.8 Å². The number of ether oxygens (including phenoxy) is 1. The topological polar surface area (TPSA) is 55.4 Å². The molecule has 4 nitrogen and oxygen atoms in total. The van der Waals surface area contributed by atoms with Crippen molar-refractivity contribution >= 4 is 41.9 Å². The average molecular weight is 423 g/mol. The lowest BCUT2D eigenvalue weighted by Crippen LogP contribution is -2.28. The van der Waals surface area contributed by atoms with Crippen LogP contribution in [0.15, 0.2) is 32.0 Å². The van der Waals surface area contributed by atoms with Gasteiger partial charge < -0.3 is 4.74 Å². The van der Waals surface area contributed by atoms with Gasteiger partial charge in [-0.3, -0.25) is 0 Å². The lowest BCUT2D eigenvalue weighted by Gasteiger charge is -2.09. The normalized spacial score (nSPS) is 12.1. The van der Waals surface area contributed by atoms with E-state index in [0.717, 1.165) is 4.47 Å². The number of alkyl halides is 2. The molecule has 1 rings (SSSR count). The molecule has 0 bridgehead atoms. The molecule has 0 radical (unpaired) electrons. The Hall–Kier alpha value is -0.0900. The predicted molar refractivity (Wildman–Crippen MR) is 73.9 cm³/mol. The minimum absolute atomic E-state index is 0.0719. The fourth-order valence-corrected chi connectivity index (χ4v) is 3.95. The van der Waals surface area contributed by atoms with E-state index in [1.807, 2.05) is 0 Å². The molecular weight excluding hydrogens is 412 g/mol. The molecule has 1 aromatic rings. The van der Waals surface area contributed by atoms with Gasteiger partial charge in [-0.2, -0.15) is 0 Å².